The van der Waals surface area contributed by atoms with E-state index in [0.717, 1.165) is 17.3 Å². The molecule has 84 valence electrons. The summed E-state index contributed by atoms with van der Waals surface area (Å²) in [4.78, 5) is 4.36. The SMILES string of the molecule is CNc1nc(-c2cccc(OC)c2)nn1C. The fourth-order valence-electron chi connectivity index (χ4n) is 1.49. The lowest BCUT2D eigenvalue weighted by Gasteiger charge is -2.00. The Morgan fingerprint density at radius 2 is 2.19 bits per heavy atom. The van der Waals surface area contributed by atoms with E-state index in [9.17, 15) is 0 Å². The summed E-state index contributed by atoms with van der Waals surface area (Å²) < 4.78 is 6.86. The molecule has 0 saturated carbocycles. The first-order chi connectivity index (χ1) is 7.74. The predicted molar refractivity (Wildman–Crippen MR) is 62.5 cm³/mol. The van der Waals surface area contributed by atoms with Crippen molar-refractivity contribution in [1.29, 1.82) is 0 Å². The van der Waals surface area contributed by atoms with Gasteiger partial charge in [-0.3, -0.25) is 0 Å². The Balaban J connectivity index is 2.41. The molecule has 0 aliphatic rings. The lowest BCUT2D eigenvalue weighted by atomic mass is 10.2. The zero-order valence-electron chi connectivity index (χ0n) is 9.56. The first-order valence-electron chi connectivity index (χ1n) is 4.98. The van der Waals surface area contributed by atoms with Crippen molar-refractivity contribution in [2.45, 2.75) is 0 Å². The molecule has 0 radical (unpaired) electrons. The maximum atomic E-state index is 5.16. The van der Waals surface area contributed by atoms with Gasteiger partial charge in [-0.15, -0.1) is 5.10 Å². The number of nitrogens with zero attached hydrogens (tertiary/aromatic N) is 3. The van der Waals surface area contributed by atoms with Gasteiger partial charge in [-0.05, 0) is 12.1 Å². The molecule has 1 heterocycles. The van der Waals surface area contributed by atoms with E-state index in [1.54, 1.807) is 11.8 Å². The van der Waals surface area contributed by atoms with E-state index in [4.69, 9.17) is 4.74 Å². The van der Waals surface area contributed by atoms with Crippen LogP contribution < -0.4 is 10.1 Å². The van der Waals surface area contributed by atoms with Crippen LogP contribution in [0.25, 0.3) is 11.4 Å². The summed E-state index contributed by atoms with van der Waals surface area (Å²) >= 11 is 0. The van der Waals surface area contributed by atoms with Crippen LogP contribution in [0.2, 0.25) is 0 Å². The van der Waals surface area contributed by atoms with Crippen LogP contribution in [0.4, 0.5) is 5.95 Å². The van der Waals surface area contributed by atoms with E-state index in [1.165, 1.54) is 0 Å². The Bertz CT molecular complexity index is 492. The zero-order chi connectivity index (χ0) is 11.5. The van der Waals surface area contributed by atoms with E-state index < -0.39 is 0 Å². The van der Waals surface area contributed by atoms with Gasteiger partial charge in [0.25, 0.3) is 0 Å². The molecule has 0 bridgehead atoms. The summed E-state index contributed by atoms with van der Waals surface area (Å²) in [6, 6.07) is 7.68. The lowest BCUT2D eigenvalue weighted by Crippen LogP contribution is -1.98. The molecule has 5 nitrogen and oxygen atoms in total. The average molecular weight is 218 g/mol. The highest BCUT2D eigenvalue weighted by Crippen LogP contribution is 2.21. The van der Waals surface area contributed by atoms with Gasteiger partial charge in [-0.2, -0.15) is 4.98 Å². The highest BCUT2D eigenvalue weighted by molar-refractivity contribution is 5.58. The number of nitrogens with one attached hydrogen (secondary N) is 1. The van der Waals surface area contributed by atoms with Crippen molar-refractivity contribution >= 4 is 5.95 Å². The number of hydrogen-bond acceptors (Lipinski definition) is 4. The maximum Gasteiger partial charge on any atom is 0.221 e. The molecule has 0 spiro atoms. The van der Waals surface area contributed by atoms with Gasteiger partial charge in [0.1, 0.15) is 5.75 Å². The molecule has 0 saturated heterocycles. The molecule has 2 aromatic rings. The molecule has 0 aliphatic heterocycles. The van der Waals surface area contributed by atoms with Crippen molar-refractivity contribution in [2.75, 3.05) is 19.5 Å². The molecule has 1 aromatic heterocycles. The Morgan fingerprint density at radius 1 is 1.38 bits per heavy atom. The third-order valence-electron chi connectivity index (χ3n) is 2.31. The van der Waals surface area contributed by atoms with E-state index in [2.05, 4.69) is 15.4 Å². The number of methoxy groups -OCH3 is 1. The van der Waals surface area contributed by atoms with Crippen LogP contribution in [0.3, 0.4) is 0 Å². The van der Waals surface area contributed by atoms with Crippen LogP contribution >= 0.6 is 0 Å². The Labute approximate surface area is 94.1 Å². The Hall–Kier alpha value is -2.04. The van der Waals surface area contributed by atoms with Gasteiger partial charge in [0, 0.05) is 19.7 Å². The van der Waals surface area contributed by atoms with E-state index in [0.29, 0.717) is 5.82 Å². The monoisotopic (exact) mass is 218 g/mol. The molecule has 16 heavy (non-hydrogen) atoms. The molecular weight excluding hydrogens is 204 g/mol. The van der Waals surface area contributed by atoms with Crippen molar-refractivity contribution in [3.05, 3.63) is 24.3 Å². The number of hydrogen-bond donors (Lipinski definition) is 1. The minimum absolute atomic E-state index is 0.686. The maximum absolute atomic E-state index is 5.16. The van der Waals surface area contributed by atoms with Crippen molar-refractivity contribution < 1.29 is 4.74 Å². The summed E-state index contributed by atoms with van der Waals surface area (Å²) in [6.07, 6.45) is 0. The minimum atomic E-state index is 0.686. The second-order valence-corrected chi connectivity index (χ2v) is 3.36. The number of rotatable bonds is 3. The lowest BCUT2D eigenvalue weighted by molar-refractivity contribution is 0.415. The Kier molecular flexibility index (Phi) is 2.76. The summed E-state index contributed by atoms with van der Waals surface area (Å²) in [6.45, 7) is 0. The Morgan fingerprint density at radius 3 is 2.81 bits per heavy atom. The van der Waals surface area contributed by atoms with Crippen LogP contribution in [0.5, 0.6) is 5.75 Å². The van der Waals surface area contributed by atoms with Gasteiger partial charge in [0.15, 0.2) is 5.82 Å². The summed E-state index contributed by atoms with van der Waals surface area (Å²) in [5.41, 5.74) is 0.941. The van der Waals surface area contributed by atoms with E-state index in [-0.39, 0.29) is 0 Å². The van der Waals surface area contributed by atoms with Gasteiger partial charge < -0.3 is 10.1 Å². The minimum Gasteiger partial charge on any atom is -0.497 e. The van der Waals surface area contributed by atoms with Gasteiger partial charge in [-0.25, -0.2) is 4.68 Å². The molecule has 2 rings (SSSR count). The van der Waals surface area contributed by atoms with Crippen molar-refractivity contribution in [1.82, 2.24) is 14.8 Å². The molecule has 1 N–H and O–H groups in total. The molecular formula is C11H14N4O. The van der Waals surface area contributed by atoms with Crippen LogP contribution in [0.15, 0.2) is 24.3 Å². The second-order valence-electron chi connectivity index (χ2n) is 3.36. The largest absolute Gasteiger partial charge is 0.497 e. The van der Waals surface area contributed by atoms with Crippen LogP contribution in [-0.4, -0.2) is 28.9 Å². The van der Waals surface area contributed by atoms with Crippen molar-refractivity contribution in [3.63, 3.8) is 0 Å². The number of benzene rings is 1. The molecule has 0 fully saturated rings. The van der Waals surface area contributed by atoms with Gasteiger partial charge in [0.2, 0.25) is 5.95 Å². The van der Waals surface area contributed by atoms with Gasteiger partial charge in [0.05, 0.1) is 7.11 Å². The molecule has 0 unspecified atom stereocenters. The molecule has 1 aromatic carbocycles. The van der Waals surface area contributed by atoms with Crippen molar-refractivity contribution in [2.24, 2.45) is 7.05 Å². The topological polar surface area (TPSA) is 52.0 Å². The number of ether oxygens (including phenoxy) is 1. The predicted octanol–water partition coefficient (Wildman–Crippen LogP) is 1.53. The average Bonchev–Trinajstić information content (AvgIpc) is 2.71. The van der Waals surface area contributed by atoms with Crippen molar-refractivity contribution in [3.8, 4) is 17.1 Å². The number of aryl methyl sites for hydroxylation is 1. The molecule has 0 aliphatic carbocycles. The first-order valence-corrected chi connectivity index (χ1v) is 4.98. The summed E-state index contributed by atoms with van der Waals surface area (Å²) in [7, 11) is 5.31. The third-order valence-corrected chi connectivity index (χ3v) is 2.31. The molecule has 0 atom stereocenters. The van der Waals surface area contributed by atoms with E-state index in [1.807, 2.05) is 38.4 Å². The smallest absolute Gasteiger partial charge is 0.221 e. The normalized spacial score (nSPS) is 10.2. The second kappa shape index (κ2) is 4.22. The summed E-state index contributed by atoms with van der Waals surface area (Å²) in [5, 5.41) is 7.29. The molecule has 5 heteroatoms. The van der Waals surface area contributed by atoms with Crippen LogP contribution in [0, 0.1) is 0 Å². The highest BCUT2D eigenvalue weighted by Gasteiger charge is 2.08. The van der Waals surface area contributed by atoms with Crippen LogP contribution in [0.1, 0.15) is 0 Å². The van der Waals surface area contributed by atoms with Gasteiger partial charge >= 0.3 is 0 Å². The van der Waals surface area contributed by atoms with Crippen LogP contribution in [-0.2, 0) is 7.05 Å². The highest BCUT2D eigenvalue weighted by atomic mass is 16.5. The first kappa shape index (κ1) is 10.5. The molecule has 0 amide bonds. The summed E-state index contributed by atoms with van der Waals surface area (Å²) in [5.74, 6) is 2.22. The number of aromatic nitrogens is 3. The zero-order valence-corrected chi connectivity index (χ0v) is 9.56. The quantitative estimate of drug-likeness (QED) is 0.848. The third kappa shape index (κ3) is 1.84. The van der Waals surface area contributed by atoms with E-state index >= 15 is 0 Å². The fraction of sp³-hybridized carbons (Fsp3) is 0.273. The standard InChI is InChI=1S/C11H14N4O/c1-12-11-13-10(14-15(11)2)8-5-4-6-9(7-8)16-3/h4-7H,1-3H3,(H,12,13,14). The number of anilines is 1. The fourth-order valence-corrected chi connectivity index (χ4v) is 1.49. The van der Waals surface area contributed by atoms with Gasteiger partial charge in [-0.1, -0.05) is 12.1 Å².